The van der Waals surface area contributed by atoms with Crippen molar-refractivity contribution in [3.63, 3.8) is 0 Å². The number of benzene rings is 2. The molecule has 0 saturated carbocycles. The molecule has 1 aliphatic rings. The van der Waals surface area contributed by atoms with E-state index in [0.717, 1.165) is 16.3 Å². The number of amides is 2. The predicted octanol–water partition coefficient (Wildman–Crippen LogP) is 3.04. The summed E-state index contributed by atoms with van der Waals surface area (Å²) >= 11 is 5.00. The first-order valence-corrected chi connectivity index (χ1v) is 8.06. The minimum Gasteiger partial charge on any atom is -0.298 e. The molecule has 0 radical (unpaired) electrons. The molecule has 0 aromatic heterocycles. The van der Waals surface area contributed by atoms with Gasteiger partial charge in [0, 0.05) is 6.54 Å². The molecular weight excluding hydrogens is 320 g/mol. The number of thiocarbonyl (C=S) groups is 1. The number of nitrogens with zero attached hydrogens (tertiary/aromatic N) is 1. The molecule has 1 saturated heterocycles. The van der Waals surface area contributed by atoms with Crippen LogP contribution < -0.4 is 5.32 Å². The molecule has 5 heteroatoms. The molecule has 2 aromatic rings. The van der Waals surface area contributed by atoms with Gasteiger partial charge in [0.1, 0.15) is 5.57 Å². The monoisotopic (exact) mass is 336 g/mol. The van der Waals surface area contributed by atoms with E-state index in [1.165, 1.54) is 11.0 Å². The first kappa shape index (κ1) is 16.1. The number of likely N-dealkylation sites (N-methyl/N-ethyl adjacent to an activating group) is 1. The average molecular weight is 336 g/mol. The molecule has 3 rings (SSSR count). The second kappa shape index (κ2) is 6.76. The second-order valence-corrected chi connectivity index (χ2v) is 5.70. The molecule has 0 aliphatic carbocycles. The van der Waals surface area contributed by atoms with Gasteiger partial charge in [-0.2, -0.15) is 0 Å². The van der Waals surface area contributed by atoms with Crippen molar-refractivity contribution in [1.29, 1.82) is 0 Å². The van der Waals surface area contributed by atoms with Gasteiger partial charge >= 0.3 is 0 Å². The van der Waals surface area contributed by atoms with E-state index in [2.05, 4.69) is 5.32 Å². The minimum absolute atomic E-state index is 0.0851. The summed E-state index contributed by atoms with van der Waals surface area (Å²) in [5.41, 5.74) is 1.11. The molecule has 0 spiro atoms. The summed E-state index contributed by atoms with van der Waals surface area (Å²) in [5, 5.41) is 4.95. The number of allylic oxidation sites excluding steroid dienone is 2. The fraction of sp³-hybridized carbons (Fsp3) is 0.105. The third-order valence-electron chi connectivity index (χ3n) is 3.86. The van der Waals surface area contributed by atoms with Gasteiger partial charge in [-0.1, -0.05) is 54.6 Å². The second-order valence-electron chi connectivity index (χ2n) is 5.32. The van der Waals surface area contributed by atoms with Crippen LogP contribution in [-0.2, 0) is 9.59 Å². The maximum Gasteiger partial charge on any atom is 0.265 e. The highest BCUT2D eigenvalue weighted by atomic mass is 32.1. The van der Waals surface area contributed by atoms with E-state index in [-0.39, 0.29) is 16.6 Å². The lowest BCUT2D eigenvalue weighted by Gasteiger charge is -2.27. The van der Waals surface area contributed by atoms with Gasteiger partial charge in [0.2, 0.25) is 0 Å². The molecule has 1 aliphatic heterocycles. The summed E-state index contributed by atoms with van der Waals surface area (Å²) in [5.74, 6) is -0.828. The van der Waals surface area contributed by atoms with E-state index < -0.39 is 5.91 Å². The number of rotatable bonds is 3. The van der Waals surface area contributed by atoms with Crippen molar-refractivity contribution < 1.29 is 9.59 Å². The minimum atomic E-state index is -0.461. The number of nitrogens with one attached hydrogen (secondary N) is 1. The SMILES string of the molecule is CCN1C(=O)/C(=C/C=C/c2cccc3ccccc23)C(=O)NC1=S. The average Bonchev–Trinajstić information content (AvgIpc) is 2.58. The smallest absolute Gasteiger partial charge is 0.265 e. The molecule has 2 amide bonds. The lowest BCUT2D eigenvalue weighted by Crippen LogP contribution is -2.53. The fourth-order valence-corrected chi connectivity index (χ4v) is 2.95. The maximum absolute atomic E-state index is 12.3. The lowest BCUT2D eigenvalue weighted by atomic mass is 10.0. The Morgan fingerprint density at radius 1 is 1.12 bits per heavy atom. The normalized spacial score (nSPS) is 17.1. The highest BCUT2D eigenvalue weighted by molar-refractivity contribution is 7.80. The van der Waals surface area contributed by atoms with E-state index in [4.69, 9.17) is 12.2 Å². The van der Waals surface area contributed by atoms with Gasteiger partial charge in [-0.3, -0.25) is 19.8 Å². The van der Waals surface area contributed by atoms with Crippen LogP contribution in [0.3, 0.4) is 0 Å². The van der Waals surface area contributed by atoms with E-state index in [9.17, 15) is 9.59 Å². The van der Waals surface area contributed by atoms with Gasteiger partial charge in [-0.15, -0.1) is 0 Å². The van der Waals surface area contributed by atoms with Gasteiger partial charge in [0.25, 0.3) is 11.8 Å². The topological polar surface area (TPSA) is 49.4 Å². The van der Waals surface area contributed by atoms with E-state index in [1.54, 1.807) is 6.08 Å². The lowest BCUT2D eigenvalue weighted by molar-refractivity contribution is -0.128. The van der Waals surface area contributed by atoms with Crippen LogP contribution in [0.4, 0.5) is 0 Å². The zero-order valence-corrected chi connectivity index (χ0v) is 14.0. The van der Waals surface area contributed by atoms with Crippen molar-refractivity contribution in [2.45, 2.75) is 6.92 Å². The number of hydrogen-bond donors (Lipinski definition) is 1. The molecule has 1 N–H and O–H groups in total. The summed E-state index contributed by atoms with van der Waals surface area (Å²) in [4.78, 5) is 25.7. The van der Waals surface area contributed by atoms with Crippen LogP contribution in [0, 0.1) is 0 Å². The zero-order valence-electron chi connectivity index (χ0n) is 13.2. The summed E-state index contributed by atoms with van der Waals surface area (Å²) in [6.07, 6.45) is 5.14. The highest BCUT2D eigenvalue weighted by Crippen LogP contribution is 2.20. The Balaban J connectivity index is 1.91. The first-order valence-electron chi connectivity index (χ1n) is 7.65. The maximum atomic E-state index is 12.3. The predicted molar refractivity (Wildman–Crippen MR) is 99.2 cm³/mol. The molecular formula is C19H16N2O2S. The van der Waals surface area contributed by atoms with Crippen molar-refractivity contribution in [2.24, 2.45) is 0 Å². The highest BCUT2D eigenvalue weighted by Gasteiger charge is 2.31. The Hall–Kier alpha value is -2.79. The van der Waals surface area contributed by atoms with Gasteiger partial charge in [-0.25, -0.2) is 0 Å². The van der Waals surface area contributed by atoms with E-state index >= 15 is 0 Å². The summed E-state index contributed by atoms with van der Waals surface area (Å²) < 4.78 is 0. The number of carbonyl (C=O) groups is 2. The van der Waals surface area contributed by atoms with Crippen LogP contribution in [-0.4, -0.2) is 28.4 Å². The van der Waals surface area contributed by atoms with Gasteiger partial charge in [0.05, 0.1) is 0 Å². The Morgan fingerprint density at radius 2 is 1.88 bits per heavy atom. The van der Waals surface area contributed by atoms with Crippen molar-refractivity contribution in [3.8, 4) is 0 Å². The Bertz CT molecular complexity index is 894. The number of hydrogen-bond acceptors (Lipinski definition) is 3. The van der Waals surface area contributed by atoms with Crippen LogP contribution in [0.1, 0.15) is 12.5 Å². The molecule has 0 atom stereocenters. The largest absolute Gasteiger partial charge is 0.298 e. The van der Waals surface area contributed by atoms with Crippen molar-refractivity contribution in [2.75, 3.05) is 6.54 Å². The summed E-state index contributed by atoms with van der Waals surface area (Å²) in [6, 6.07) is 14.1. The van der Waals surface area contributed by atoms with Crippen LogP contribution in [0.25, 0.3) is 16.8 Å². The van der Waals surface area contributed by atoms with Crippen LogP contribution >= 0.6 is 12.2 Å². The Morgan fingerprint density at radius 3 is 2.67 bits per heavy atom. The molecule has 2 aromatic carbocycles. The van der Waals surface area contributed by atoms with Crippen molar-refractivity contribution >= 4 is 46.0 Å². The van der Waals surface area contributed by atoms with Gasteiger partial charge < -0.3 is 0 Å². The van der Waals surface area contributed by atoms with Crippen LogP contribution in [0.15, 0.2) is 60.2 Å². The Labute approximate surface area is 145 Å². The van der Waals surface area contributed by atoms with Crippen molar-refractivity contribution in [3.05, 3.63) is 65.8 Å². The summed E-state index contributed by atoms with van der Waals surface area (Å²) in [7, 11) is 0. The summed E-state index contributed by atoms with van der Waals surface area (Å²) in [6.45, 7) is 2.23. The fourth-order valence-electron chi connectivity index (χ4n) is 2.64. The number of fused-ring (bicyclic) bond motifs is 1. The molecule has 4 nitrogen and oxygen atoms in total. The molecule has 0 unspecified atom stereocenters. The first-order chi connectivity index (χ1) is 11.6. The molecule has 1 fully saturated rings. The molecule has 120 valence electrons. The Kier molecular flexibility index (Phi) is 4.53. The standard InChI is InChI=1S/C19H16N2O2S/c1-2-21-18(23)16(17(22)20-19(21)24)12-6-10-14-9-5-8-13-7-3-4-11-15(13)14/h3-12H,2H2,1H3,(H,20,22,24)/b10-6+,16-12+. The van der Waals surface area contributed by atoms with E-state index in [0.29, 0.717) is 6.54 Å². The zero-order chi connectivity index (χ0) is 17.1. The third-order valence-corrected chi connectivity index (χ3v) is 4.19. The molecule has 24 heavy (non-hydrogen) atoms. The van der Waals surface area contributed by atoms with Gasteiger partial charge in [0.15, 0.2) is 5.11 Å². The molecule has 0 bridgehead atoms. The van der Waals surface area contributed by atoms with Gasteiger partial charge in [-0.05, 0) is 41.6 Å². The van der Waals surface area contributed by atoms with Crippen LogP contribution in [0.2, 0.25) is 0 Å². The number of carbonyl (C=O) groups excluding carboxylic acids is 2. The van der Waals surface area contributed by atoms with Crippen LogP contribution in [0.5, 0.6) is 0 Å². The quantitative estimate of drug-likeness (QED) is 0.532. The molecule has 1 heterocycles. The third kappa shape index (κ3) is 2.98. The van der Waals surface area contributed by atoms with E-state index in [1.807, 2.05) is 55.5 Å². The van der Waals surface area contributed by atoms with Crippen molar-refractivity contribution in [1.82, 2.24) is 10.2 Å².